The van der Waals surface area contributed by atoms with Crippen LogP contribution >= 0.6 is 11.6 Å². The number of hydrogen-bond donors (Lipinski definition) is 1. The summed E-state index contributed by atoms with van der Waals surface area (Å²) in [5, 5.41) is 9.85. The van der Waals surface area contributed by atoms with E-state index in [0.717, 1.165) is 30.5 Å². The smallest absolute Gasteiger partial charge is 0.416 e. The second kappa shape index (κ2) is 8.09. The third-order valence-electron chi connectivity index (χ3n) is 5.09. The summed E-state index contributed by atoms with van der Waals surface area (Å²) in [4.78, 5) is 17.9. The molecule has 0 amide bonds. The third-order valence-corrected chi connectivity index (χ3v) is 5.43. The number of aliphatic carboxylic acids is 1. The molecule has 1 fully saturated rings. The van der Waals surface area contributed by atoms with Crippen LogP contribution in [0.5, 0.6) is 0 Å². The molecule has 1 saturated heterocycles. The van der Waals surface area contributed by atoms with Crippen molar-refractivity contribution in [3.8, 4) is 0 Å². The Bertz CT molecular complexity index is 873. The molecule has 2 unspecified atom stereocenters. The molecule has 3 rings (SSSR count). The topological polar surface area (TPSA) is 53.4 Å². The van der Waals surface area contributed by atoms with Crippen molar-refractivity contribution in [3.63, 3.8) is 0 Å². The molecule has 1 aromatic heterocycles. The quantitative estimate of drug-likeness (QED) is 0.759. The van der Waals surface area contributed by atoms with Gasteiger partial charge in [-0.25, -0.2) is 0 Å². The number of aromatic nitrogens is 1. The van der Waals surface area contributed by atoms with Crippen molar-refractivity contribution in [3.05, 3.63) is 63.9 Å². The lowest BCUT2D eigenvalue weighted by molar-refractivity contribution is -0.145. The van der Waals surface area contributed by atoms with Gasteiger partial charge in [0.05, 0.1) is 17.3 Å². The van der Waals surface area contributed by atoms with E-state index in [-0.39, 0.29) is 10.6 Å². The van der Waals surface area contributed by atoms with Crippen LogP contribution in [0, 0.1) is 6.92 Å². The lowest BCUT2D eigenvalue weighted by Gasteiger charge is -2.40. The Kier molecular flexibility index (Phi) is 5.95. The summed E-state index contributed by atoms with van der Waals surface area (Å²) in [5.41, 5.74) is 0.661. The molecule has 0 aliphatic carbocycles. The van der Waals surface area contributed by atoms with Gasteiger partial charge >= 0.3 is 12.1 Å². The Hall–Kier alpha value is -2.12. The summed E-state index contributed by atoms with van der Waals surface area (Å²) in [7, 11) is 0. The van der Waals surface area contributed by atoms with E-state index in [1.807, 2.05) is 0 Å². The highest BCUT2D eigenvalue weighted by molar-refractivity contribution is 6.31. The van der Waals surface area contributed by atoms with Crippen molar-refractivity contribution in [1.82, 2.24) is 9.88 Å². The van der Waals surface area contributed by atoms with Gasteiger partial charge in [0.1, 0.15) is 6.04 Å². The molecule has 2 heterocycles. The number of hydrogen-bond acceptors (Lipinski definition) is 3. The molecule has 0 bridgehead atoms. The van der Waals surface area contributed by atoms with Crippen LogP contribution in [0.1, 0.15) is 47.7 Å². The van der Waals surface area contributed by atoms with Gasteiger partial charge in [-0.05, 0) is 61.7 Å². The van der Waals surface area contributed by atoms with Crippen LogP contribution in [0.2, 0.25) is 5.02 Å². The van der Waals surface area contributed by atoms with E-state index in [1.165, 1.54) is 6.07 Å². The second-order valence-electron chi connectivity index (χ2n) is 6.93. The number of likely N-dealkylation sites (tertiary alicyclic amines) is 1. The summed E-state index contributed by atoms with van der Waals surface area (Å²) < 4.78 is 40.0. The fourth-order valence-corrected chi connectivity index (χ4v) is 3.95. The maximum absolute atomic E-state index is 13.3. The molecule has 28 heavy (non-hydrogen) atoms. The molecular weight excluding hydrogens is 393 g/mol. The number of carbonyl (C=O) groups is 1. The van der Waals surface area contributed by atoms with E-state index in [2.05, 4.69) is 4.98 Å². The number of rotatable bonds is 4. The van der Waals surface area contributed by atoms with E-state index in [9.17, 15) is 23.1 Å². The fourth-order valence-electron chi connectivity index (χ4n) is 3.72. The van der Waals surface area contributed by atoms with Crippen molar-refractivity contribution < 1.29 is 23.1 Å². The Morgan fingerprint density at radius 2 is 2.07 bits per heavy atom. The molecule has 4 nitrogen and oxygen atoms in total. The summed E-state index contributed by atoms with van der Waals surface area (Å²) >= 11 is 6.32. The lowest BCUT2D eigenvalue weighted by atomic mass is 9.91. The zero-order valence-corrected chi connectivity index (χ0v) is 16.0. The predicted octanol–water partition coefficient (Wildman–Crippen LogP) is 5.09. The Morgan fingerprint density at radius 1 is 1.32 bits per heavy atom. The number of piperidine rings is 1. The molecule has 0 saturated carbocycles. The van der Waals surface area contributed by atoms with Crippen LogP contribution in [0.4, 0.5) is 13.2 Å². The van der Waals surface area contributed by atoms with Gasteiger partial charge in [-0.2, -0.15) is 13.2 Å². The summed E-state index contributed by atoms with van der Waals surface area (Å²) in [6.45, 7) is 2.24. The monoisotopic (exact) mass is 412 g/mol. The van der Waals surface area contributed by atoms with Gasteiger partial charge < -0.3 is 5.11 Å². The minimum Gasteiger partial charge on any atom is -0.480 e. The molecule has 0 spiro atoms. The predicted molar refractivity (Wildman–Crippen MR) is 99.3 cm³/mol. The van der Waals surface area contributed by atoms with Gasteiger partial charge in [0, 0.05) is 11.2 Å². The molecule has 1 aliphatic heterocycles. The molecule has 8 heteroatoms. The SMILES string of the molecule is Cc1cccnc1C(c1cc(C(F)(F)F)ccc1Cl)N1CCCCC1C(=O)O. The Labute approximate surface area is 166 Å². The Balaban J connectivity index is 2.20. The highest BCUT2D eigenvalue weighted by atomic mass is 35.5. The van der Waals surface area contributed by atoms with E-state index >= 15 is 0 Å². The first-order valence-corrected chi connectivity index (χ1v) is 9.34. The highest BCUT2D eigenvalue weighted by Crippen LogP contribution is 2.40. The van der Waals surface area contributed by atoms with Gasteiger partial charge in [-0.3, -0.25) is 14.7 Å². The highest BCUT2D eigenvalue weighted by Gasteiger charge is 2.38. The first kappa shape index (κ1) is 20.6. The maximum Gasteiger partial charge on any atom is 0.416 e. The zero-order valence-electron chi connectivity index (χ0n) is 15.2. The van der Waals surface area contributed by atoms with Gasteiger partial charge in [0.25, 0.3) is 0 Å². The van der Waals surface area contributed by atoms with Crippen molar-refractivity contribution in [2.75, 3.05) is 6.54 Å². The van der Waals surface area contributed by atoms with Crippen molar-refractivity contribution in [1.29, 1.82) is 0 Å². The van der Waals surface area contributed by atoms with Crippen molar-refractivity contribution in [2.24, 2.45) is 0 Å². The molecule has 1 aliphatic rings. The van der Waals surface area contributed by atoms with E-state index < -0.39 is 29.8 Å². The molecule has 2 atom stereocenters. The van der Waals surface area contributed by atoms with Crippen molar-refractivity contribution >= 4 is 17.6 Å². The average molecular weight is 413 g/mol. The minimum absolute atomic E-state index is 0.151. The number of halogens is 4. The van der Waals surface area contributed by atoms with Crippen LogP contribution in [0.3, 0.4) is 0 Å². The molecule has 150 valence electrons. The normalized spacial score (nSPS) is 19.4. The molecule has 1 aromatic carbocycles. The molecule has 0 radical (unpaired) electrons. The number of carboxylic acid groups (broad SMARTS) is 1. The minimum atomic E-state index is -4.53. The van der Waals surface area contributed by atoms with Crippen LogP contribution < -0.4 is 0 Å². The number of carboxylic acids is 1. The van der Waals surface area contributed by atoms with Gasteiger partial charge in [-0.1, -0.05) is 24.1 Å². The maximum atomic E-state index is 13.3. The Morgan fingerprint density at radius 3 is 2.71 bits per heavy atom. The molecule has 1 N–H and O–H groups in total. The number of benzene rings is 1. The van der Waals surface area contributed by atoms with Crippen LogP contribution in [-0.4, -0.2) is 33.5 Å². The van der Waals surface area contributed by atoms with E-state index in [1.54, 1.807) is 30.2 Å². The third kappa shape index (κ3) is 4.15. The number of alkyl halides is 3. The summed E-state index contributed by atoms with van der Waals surface area (Å²) in [5.74, 6) is -0.999. The second-order valence-corrected chi connectivity index (χ2v) is 7.34. The van der Waals surface area contributed by atoms with E-state index in [4.69, 9.17) is 11.6 Å². The largest absolute Gasteiger partial charge is 0.480 e. The average Bonchev–Trinajstić information content (AvgIpc) is 2.64. The fraction of sp³-hybridized carbons (Fsp3) is 0.400. The summed E-state index contributed by atoms with van der Waals surface area (Å²) in [6.07, 6.45) is -1.05. The van der Waals surface area contributed by atoms with Crippen molar-refractivity contribution in [2.45, 2.75) is 44.4 Å². The number of aryl methyl sites for hydroxylation is 1. The van der Waals surface area contributed by atoms with Gasteiger partial charge in [-0.15, -0.1) is 0 Å². The van der Waals surface area contributed by atoms with Gasteiger partial charge in [0.15, 0.2) is 0 Å². The van der Waals surface area contributed by atoms with Crippen LogP contribution in [-0.2, 0) is 11.0 Å². The van der Waals surface area contributed by atoms with Crippen LogP contribution in [0.25, 0.3) is 0 Å². The first-order chi connectivity index (χ1) is 13.2. The summed E-state index contributed by atoms with van der Waals surface area (Å²) in [6, 6.07) is 5.09. The van der Waals surface area contributed by atoms with Crippen LogP contribution in [0.15, 0.2) is 36.5 Å². The lowest BCUT2D eigenvalue weighted by Crippen LogP contribution is -2.47. The van der Waals surface area contributed by atoms with E-state index in [0.29, 0.717) is 18.7 Å². The molecular formula is C20H20ClF3N2O2. The van der Waals surface area contributed by atoms with Gasteiger partial charge in [0.2, 0.25) is 0 Å². The standard InChI is InChI=1S/C20H20ClF3N2O2/c1-12-5-4-9-25-17(12)18(26-10-3-2-6-16(26)19(27)28)14-11-13(20(22,23)24)7-8-15(14)21/h4-5,7-9,11,16,18H,2-3,6,10H2,1H3,(H,27,28). The first-order valence-electron chi connectivity index (χ1n) is 8.97. The number of nitrogens with zero attached hydrogens (tertiary/aromatic N) is 2. The zero-order chi connectivity index (χ0) is 20.5. The molecule has 2 aromatic rings. The number of pyridine rings is 1.